The Morgan fingerprint density at radius 1 is 0.878 bits per heavy atom. The molecule has 0 saturated heterocycles. The highest BCUT2D eigenvalue weighted by Gasteiger charge is 2.35. The summed E-state index contributed by atoms with van der Waals surface area (Å²) in [6, 6.07) is 23.0. The van der Waals surface area contributed by atoms with Gasteiger partial charge < -0.3 is 15.0 Å². The second kappa shape index (κ2) is 13.7. The van der Waals surface area contributed by atoms with Gasteiger partial charge in [0.1, 0.15) is 11.8 Å². The molecule has 0 radical (unpaired) electrons. The van der Waals surface area contributed by atoms with Crippen molar-refractivity contribution in [2.45, 2.75) is 45.7 Å². The molecule has 0 spiro atoms. The van der Waals surface area contributed by atoms with Crippen LogP contribution < -0.4 is 10.1 Å². The van der Waals surface area contributed by atoms with E-state index in [4.69, 9.17) is 4.74 Å². The van der Waals surface area contributed by atoms with Crippen molar-refractivity contribution >= 4 is 23.6 Å². The van der Waals surface area contributed by atoms with Crippen LogP contribution in [0.25, 0.3) is 0 Å². The number of benzene rings is 3. The maximum atomic E-state index is 13.9. The predicted molar refractivity (Wildman–Crippen MR) is 156 cm³/mol. The molecule has 3 aromatic carbocycles. The van der Waals surface area contributed by atoms with Crippen molar-refractivity contribution in [3.8, 4) is 5.75 Å². The molecular weight excluding hydrogens is 518 g/mol. The van der Waals surface area contributed by atoms with Gasteiger partial charge in [-0.2, -0.15) is 0 Å². The fraction of sp³-hybridized carbons (Fsp3) is 0.333. The molecule has 0 saturated carbocycles. The molecule has 41 heavy (non-hydrogen) atoms. The number of carbonyl (C=O) groups excluding carboxylic acids is 4. The number of nitrogens with one attached hydrogen (secondary N) is 1. The van der Waals surface area contributed by atoms with Gasteiger partial charge in [0.05, 0.1) is 18.2 Å². The number of methoxy groups -OCH3 is 1. The molecule has 1 aliphatic heterocycles. The van der Waals surface area contributed by atoms with E-state index in [-0.39, 0.29) is 55.5 Å². The Labute approximate surface area is 241 Å². The predicted octanol–water partition coefficient (Wildman–Crippen LogP) is 4.48. The molecule has 8 heteroatoms. The van der Waals surface area contributed by atoms with Crippen LogP contribution in [0.15, 0.2) is 78.9 Å². The van der Waals surface area contributed by atoms with Crippen molar-refractivity contribution in [3.63, 3.8) is 0 Å². The molecule has 0 fully saturated rings. The number of hydrogen-bond acceptors (Lipinski definition) is 5. The van der Waals surface area contributed by atoms with Crippen LogP contribution in [-0.4, -0.2) is 59.7 Å². The van der Waals surface area contributed by atoms with E-state index in [1.807, 2.05) is 68.4 Å². The summed E-state index contributed by atoms with van der Waals surface area (Å²) in [4.78, 5) is 55.8. The summed E-state index contributed by atoms with van der Waals surface area (Å²) in [7, 11) is 1.58. The Morgan fingerprint density at radius 3 is 2.15 bits per heavy atom. The highest BCUT2D eigenvalue weighted by atomic mass is 16.5. The zero-order valence-corrected chi connectivity index (χ0v) is 23.8. The number of fused-ring (bicyclic) bond motifs is 1. The van der Waals surface area contributed by atoms with Crippen molar-refractivity contribution in [2.24, 2.45) is 5.92 Å². The lowest BCUT2D eigenvalue weighted by Crippen LogP contribution is -2.51. The normalized spacial score (nSPS) is 13.2. The molecule has 4 rings (SSSR count). The number of rotatable bonds is 13. The van der Waals surface area contributed by atoms with Gasteiger partial charge in [-0.25, -0.2) is 0 Å². The van der Waals surface area contributed by atoms with Gasteiger partial charge in [0, 0.05) is 32.5 Å². The summed E-state index contributed by atoms with van der Waals surface area (Å²) in [6.45, 7) is 4.85. The van der Waals surface area contributed by atoms with Gasteiger partial charge in [-0.05, 0) is 47.7 Å². The number of nitrogens with zero attached hydrogens (tertiary/aromatic N) is 2. The zero-order valence-electron chi connectivity index (χ0n) is 23.8. The minimum Gasteiger partial charge on any atom is -0.497 e. The average Bonchev–Trinajstić information content (AvgIpc) is 3.23. The molecule has 1 heterocycles. The van der Waals surface area contributed by atoms with Crippen LogP contribution in [0, 0.1) is 5.92 Å². The van der Waals surface area contributed by atoms with E-state index in [1.165, 1.54) is 4.90 Å². The monoisotopic (exact) mass is 555 g/mol. The third-order valence-corrected chi connectivity index (χ3v) is 7.09. The van der Waals surface area contributed by atoms with Crippen LogP contribution >= 0.6 is 0 Å². The largest absolute Gasteiger partial charge is 0.497 e. The van der Waals surface area contributed by atoms with Crippen LogP contribution in [0.5, 0.6) is 5.75 Å². The Balaban J connectivity index is 1.55. The van der Waals surface area contributed by atoms with Crippen LogP contribution in [0.4, 0.5) is 0 Å². The second-order valence-corrected chi connectivity index (χ2v) is 10.6. The Hall–Kier alpha value is -4.46. The SMILES string of the molecule is COc1cccc(CN(C(=O)CCCN2C(=O)c3ccccc3C2=O)[C@H](Cc2ccccc2)C(=O)NCC(C)C)c1. The average molecular weight is 556 g/mol. The summed E-state index contributed by atoms with van der Waals surface area (Å²) in [6.07, 6.45) is 0.698. The Bertz CT molecular complexity index is 1350. The molecule has 0 aliphatic carbocycles. The molecule has 8 nitrogen and oxygen atoms in total. The quantitative estimate of drug-likeness (QED) is 0.314. The molecule has 3 aromatic rings. The highest BCUT2D eigenvalue weighted by molar-refractivity contribution is 6.21. The first-order valence-electron chi connectivity index (χ1n) is 14.0. The second-order valence-electron chi connectivity index (χ2n) is 10.6. The number of amides is 4. The minimum absolute atomic E-state index is 0.0696. The summed E-state index contributed by atoms with van der Waals surface area (Å²) >= 11 is 0. The lowest BCUT2D eigenvalue weighted by Gasteiger charge is -2.32. The summed E-state index contributed by atoms with van der Waals surface area (Å²) in [5.74, 6) is -0.241. The molecule has 0 unspecified atom stereocenters. The van der Waals surface area contributed by atoms with Gasteiger partial charge in [0.2, 0.25) is 11.8 Å². The van der Waals surface area contributed by atoms with E-state index in [0.29, 0.717) is 29.8 Å². The van der Waals surface area contributed by atoms with Crippen LogP contribution in [0.1, 0.15) is 58.5 Å². The summed E-state index contributed by atoms with van der Waals surface area (Å²) in [5.41, 5.74) is 2.53. The maximum absolute atomic E-state index is 13.9. The van der Waals surface area contributed by atoms with Crippen molar-refractivity contribution in [3.05, 3.63) is 101 Å². The van der Waals surface area contributed by atoms with Crippen LogP contribution in [-0.2, 0) is 22.6 Å². The van der Waals surface area contributed by atoms with E-state index in [2.05, 4.69) is 5.32 Å². The van der Waals surface area contributed by atoms with Gasteiger partial charge in [0.25, 0.3) is 11.8 Å². The third kappa shape index (κ3) is 7.39. The fourth-order valence-corrected chi connectivity index (χ4v) is 4.92. The molecule has 1 atom stereocenters. The summed E-state index contributed by atoms with van der Waals surface area (Å²) in [5, 5.41) is 3.01. The number of ether oxygens (including phenoxy) is 1. The van der Waals surface area contributed by atoms with Crippen molar-refractivity contribution in [2.75, 3.05) is 20.2 Å². The zero-order chi connectivity index (χ0) is 29.4. The lowest BCUT2D eigenvalue weighted by molar-refractivity contribution is -0.141. The van der Waals surface area contributed by atoms with Gasteiger partial charge >= 0.3 is 0 Å². The highest BCUT2D eigenvalue weighted by Crippen LogP contribution is 2.24. The minimum atomic E-state index is -0.755. The van der Waals surface area contributed by atoms with Gasteiger partial charge in [-0.1, -0.05) is 68.4 Å². The first-order chi connectivity index (χ1) is 19.8. The maximum Gasteiger partial charge on any atom is 0.261 e. The molecule has 1 aliphatic rings. The topological polar surface area (TPSA) is 96.0 Å². The molecule has 4 amide bonds. The molecule has 1 N–H and O–H groups in total. The molecule has 0 aromatic heterocycles. The van der Waals surface area contributed by atoms with Crippen LogP contribution in [0.3, 0.4) is 0 Å². The van der Waals surface area contributed by atoms with E-state index < -0.39 is 6.04 Å². The molecular formula is C33H37N3O5. The third-order valence-electron chi connectivity index (χ3n) is 7.09. The number of imide groups is 1. The number of hydrogen-bond donors (Lipinski definition) is 1. The van der Waals surface area contributed by atoms with E-state index in [9.17, 15) is 19.2 Å². The molecule has 214 valence electrons. The first kappa shape index (κ1) is 29.5. The Kier molecular flexibility index (Phi) is 9.90. The van der Waals surface area contributed by atoms with Gasteiger partial charge in [0.15, 0.2) is 0 Å². The van der Waals surface area contributed by atoms with Crippen LogP contribution in [0.2, 0.25) is 0 Å². The number of carbonyl (C=O) groups is 4. The van der Waals surface area contributed by atoms with Gasteiger partial charge in [-0.3, -0.25) is 24.1 Å². The summed E-state index contributed by atoms with van der Waals surface area (Å²) < 4.78 is 5.38. The standard InChI is InChI=1S/C33H37N3O5/c1-23(2)21-34-31(38)29(20-24-11-5-4-6-12-24)36(22-25-13-9-14-26(19-25)41-3)30(37)17-10-18-35-32(39)27-15-7-8-16-28(27)33(35)40/h4-9,11-16,19,23,29H,10,17-18,20-22H2,1-3H3,(H,34,38)/t29-/m1/s1. The fourth-order valence-electron chi connectivity index (χ4n) is 4.92. The van der Waals surface area contributed by atoms with Crippen molar-refractivity contribution in [1.29, 1.82) is 0 Å². The van der Waals surface area contributed by atoms with E-state index >= 15 is 0 Å². The van der Waals surface area contributed by atoms with Crippen molar-refractivity contribution < 1.29 is 23.9 Å². The molecule has 0 bridgehead atoms. The van der Waals surface area contributed by atoms with Crippen molar-refractivity contribution in [1.82, 2.24) is 15.1 Å². The van der Waals surface area contributed by atoms with Gasteiger partial charge in [-0.15, -0.1) is 0 Å². The lowest BCUT2D eigenvalue weighted by atomic mass is 10.0. The first-order valence-corrected chi connectivity index (χ1v) is 14.0. The van der Waals surface area contributed by atoms with E-state index in [1.54, 1.807) is 36.3 Å². The Morgan fingerprint density at radius 2 is 1.51 bits per heavy atom. The van der Waals surface area contributed by atoms with E-state index in [0.717, 1.165) is 11.1 Å². The smallest absolute Gasteiger partial charge is 0.261 e.